The maximum absolute atomic E-state index is 11.0. The molecule has 20 heavy (non-hydrogen) atoms. The number of aliphatic imine (C=N–C) groups is 1. The van der Waals surface area contributed by atoms with Crippen molar-refractivity contribution in [3.05, 3.63) is 46.5 Å². The number of benzene rings is 2. The van der Waals surface area contributed by atoms with Gasteiger partial charge in [-0.25, -0.2) is 4.99 Å². The first-order valence-corrected chi connectivity index (χ1v) is 6.83. The first-order valence-electron chi connectivity index (χ1n) is 5.61. The normalized spacial score (nSPS) is 11.1. The summed E-state index contributed by atoms with van der Waals surface area (Å²) in [5, 5.41) is 23.8. The number of nitriles is 1. The highest BCUT2D eigenvalue weighted by Crippen LogP contribution is 2.33. The van der Waals surface area contributed by atoms with Gasteiger partial charge in [0.25, 0.3) is 5.69 Å². The van der Waals surface area contributed by atoms with Gasteiger partial charge in [-0.15, -0.1) is 0 Å². The van der Waals surface area contributed by atoms with Crippen LogP contribution in [0.15, 0.2) is 41.4 Å². The second kappa shape index (κ2) is 6.04. The molecule has 7 heteroatoms. The van der Waals surface area contributed by atoms with Crippen molar-refractivity contribution in [3.8, 4) is 6.19 Å². The van der Waals surface area contributed by atoms with Gasteiger partial charge in [-0.1, -0.05) is 30.0 Å². The van der Waals surface area contributed by atoms with E-state index < -0.39 is 4.92 Å². The fourth-order valence-corrected chi connectivity index (χ4v) is 2.14. The van der Waals surface area contributed by atoms with E-state index >= 15 is 0 Å². The van der Waals surface area contributed by atoms with Crippen molar-refractivity contribution < 1.29 is 4.92 Å². The van der Waals surface area contributed by atoms with Crippen LogP contribution in [0.2, 0.25) is 0 Å². The maximum atomic E-state index is 11.0. The fraction of sp³-hybridized carbons (Fsp3) is 0.0769. The average molecular weight is 286 g/mol. The van der Waals surface area contributed by atoms with Crippen LogP contribution in [0.4, 0.5) is 11.4 Å². The van der Waals surface area contributed by atoms with Gasteiger partial charge in [-0.05, 0) is 18.4 Å². The van der Waals surface area contributed by atoms with Gasteiger partial charge in [0.15, 0.2) is 11.4 Å². The van der Waals surface area contributed by atoms with Crippen LogP contribution < -0.4 is 5.32 Å². The van der Waals surface area contributed by atoms with E-state index in [1.807, 2.05) is 0 Å². The first kappa shape index (κ1) is 13.8. The zero-order chi connectivity index (χ0) is 14.5. The summed E-state index contributed by atoms with van der Waals surface area (Å²) in [5.41, 5.74) is 0.622. The Labute approximate surface area is 119 Å². The molecule has 0 aliphatic rings. The van der Waals surface area contributed by atoms with Crippen LogP contribution in [0, 0.1) is 21.6 Å². The summed E-state index contributed by atoms with van der Waals surface area (Å²) < 4.78 is 0. The van der Waals surface area contributed by atoms with Gasteiger partial charge >= 0.3 is 0 Å². The molecule has 1 N–H and O–H groups in total. The molecule has 2 aromatic rings. The van der Waals surface area contributed by atoms with Crippen LogP contribution in [0.25, 0.3) is 10.8 Å². The molecule has 6 nitrogen and oxygen atoms in total. The molecule has 0 aromatic heterocycles. The van der Waals surface area contributed by atoms with E-state index in [2.05, 4.69) is 10.3 Å². The predicted molar refractivity (Wildman–Crippen MR) is 80.0 cm³/mol. The second-order valence-electron chi connectivity index (χ2n) is 3.76. The molecule has 0 bridgehead atoms. The highest BCUT2D eigenvalue weighted by Gasteiger charge is 2.13. The molecule has 0 aliphatic carbocycles. The molecule has 0 amide bonds. The van der Waals surface area contributed by atoms with E-state index in [1.165, 1.54) is 17.8 Å². The number of nitro groups is 1. The fourth-order valence-electron chi connectivity index (χ4n) is 1.81. The van der Waals surface area contributed by atoms with Crippen LogP contribution in [0.3, 0.4) is 0 Å². The summed E-state index contributed by atoms with van der Waals surface area (Å²) >= 11 is 1.29. The Kier molecular flexibility index (Phi) is 4.17. The molecular weight excluding hydrogens is 276 g/mol. The standard InChI is InChI=1S/C13H10N4O2S/c1-20-13(15-8-14)16-11-6-7-12(17(18)19)10-5-3-2-4-9(10)11/h2-7H,1H3,(H,15,16). The molecule has 0 fully saturated rings. The number of fused-ring (bicyclic) bond motifs is 1. The lowest BCUT2D eigenvalue weighted by atomic mass is 10.1. The molecule has 2 rings (SSSR count). The monoisotopic (exact) mass is 286 g/mol. The number of rotatable bonds is 2. The van der Waals surface area contributed by atoms with Crippen molar-refractivity contribution in [1.82, 2.24) is 5.32 Å². The molecule has 0 radical (unpaired) electrons. The van der Waals surface area contributed by atoms with Crippen molar-refractivity contribution in [2.45, 2.75) is 0 Å². The smallest absolute Gasteiger partial charge is 0.271 e. The van der Waals surface area contributed by atoms with E-state index in [-0.39, 0.29) is 5.69 Å². The minimum Gasteiger partial charge on any atom is -0.271 e. The largest absolute Gasteiger partial charge is 0.277 e. The third-order valence-electron chi connectivity index (χ3n) is 2.65. The summed E-state index contributed by atoms with van der Waals surface area (Å²) in [6.07, 6.45) is 3.60. The first-order chi connectivity index (χ1) is 9.67. The molecule has 0 heterocycles. The Balaban J connectivity index is 2.65. The third kappa shape index (κ3) is 2.70. The van der Waals surface area contributed by atoms with Crippen molar-refractivity contribution >= 4 is 39.1 Å². The maximum Gasteiger partial charge on any atom is 0.277 e. The zero-order valence-corrected chi connectivity index (χ0v) is 11.3. The van der Waals surface area contributed by atoms with Crippen molar-refractivity contribution in [1.29, 1.82) is 5.26 Å². The minimum atomic E-state index is -0.418. The number of nitrogens with zero attached hydrogens (tertiary/aromatic N) is 3. The SMILES string of the molecule is CSC(=Nc1ccc([N+](=O)[O-])c2ccccc12)NC#N. The Morgan fingerprint density at radius 1 is 1.35 bits per heavy atom. The van der Waals surface area contributed by atoms with Gasteiger partial charge in [-0.3, -0.25) is 15.4 Å². The lowest BCUT2D eigenvalue weighted by Crippen LogP contribution is -2.12. The van der Waals surface area contributed by atoms with E-state index in [1.54, 1.807) is 42.8 Å². The third-order valence-corrected chi connectivity index (χ3v) is 3.23. The van der Waals surface area contributed by atoms with Crippen LogP contribution in [-0.4, -0.2) is 16.3 Å². The van der Waals surface area contributed by atoms with Gasteiger partial charge in [-0.2, -0.15) is 5.26 Å². The Morgan fingerprint density at radius 2 is 2.05 bits per heavy atom. The van der Waals surface area contributed by atoms with Crippen molar-refractivity contribution in [3.63, 3.8) is 0 Å². The number of amidine groups is 1. The lowest BCUT2D eigenvalue weighted by molar-refractivity contribution is -0.383. The van der Waals surface area contributed by atoms with Crippen LogP contribution in [0.1, 0.15) is 0 Å². The van der Waals surface area contributed by atoms with Crippen molar-refractivity contribution in [2.24, 2.45) is 4.99 Å². The van der Waals surface area contributed by atoms with Crippen LogP contribution >= 0.6 is 11.8 Å². The number of thioether (sulfide) groups is 1. The number of hydrogen-bond donors (Lipinski definition) is 1. The molecule has 0 saturated carbocycles. The van der Waals surface area contributed by atoms with Gasteiger partial charge < -0.3 is 0 Å². The van der Waals surface area contributed by atoms with Crippen molar-refractivity contribution in [2.75, 3.05) is 6.26 Å². The number of non-ortho nitro benzene ring substituents is 1. The Bertz CT molecular complexity index is 737. The van der Waals surface area contributed by atoms with Crippen LogP contribution in [-0.2, 0) is 0 Å². The van der Waals surface area contributed by atoms with E-state index in [0.29, 0.717) is 21.6 Å². The number of hydrogen-bond acceptors (Lipinski definition) is 5. The average Bonchev–Trinajstić information content (AvgIpc) is 2.46. The van der Waals surface area contributed by atoms with E-state index in [4.69, 9.17) is 5.26 Å². The van der Waals surface area contributed by atoms with Gasteiger partial charge in [0.1, 0.15) is 0 Å². The molecule has 100 valence electrons. The minimum absolute atomic E-state index is 0.0403. The molecule has 2 aromatic carbocycles. The lowest BCUT2D eigenvalue weighted by Gasteiger charge is -2.05. The highest BCUT2D eigenvalue weighted by molar-refractivity contribution is 8.13. The Hall–Kier alpha value is -2.59. The molecule has 0 aliphatic heterocycles. The summed E-state index contributed by atoms with van der Waals surface area (Å²) in [6.45, 7) is 0. The highest BCUT2D eigenvalue weighted by atomic mass is 32.2. The predicted octanol–water partition coefficient (Wildman–Crippen LogP) is 3.17. The number of nitro benzene ring substituents is 1. The molecule has 0 unspecified atom stereocenters. The Morgan fingerprint density at radius 3 is 2.65 bits per heavy atom. The summed E-state index contributed by atoms with van der Waals surface area (Å²) in [6, 6.07) is 9.99. The molecular formula is C13H10N4O2S. The summed E-state index contributed by atoms with van der Waals surface area (Å²) in [7, 11) is 0. The molecule has 0 spiro atoms. The second-order valence-corrected chi connectivity index (χ2v) is 4.56. The van der Waals surface area contributed by atoms with Crippen LogP contribution in [0.5, 0.6) is 0 Å². The summed E-state index contributed by atoms with van der Waals surface area (Å²) in [5.74, 6) is 0. The van der Waals surface area contributed by atoms with Gasteiger partial charge in [0, 0.05) is 11.5 Å². The van der Waals surface area contributed by atoms with E-state index in [0.717, 1.165) is 0 Å². The topological polar surface area (TPSA) is 91.3 Å². The van der Waals surface area contributed by atoms with Gasteiger partial charge in [0.2, 0.25) is 0 Å². The van der Waals surface area contributed by atoms with E-state index in [9.17, 15) is 10.1 Å². The number of nitrogens with one attached hydrogen (secondary N) is 1. The molecule has 0 saturated heterocycles. The quantitative estimate of drug-likeness (QED) is 0.229. The molecule has 0 atom stereocenters. The zero-order valence-electron chi connectivity index (χ0n) is 10.5. The summed E-state index contributed by atoms with van der Waals surface area (Å²) in [4.78, 5) is 14.9. The van der Waals surface area contributed by atoms with Gasteiger partial charge in [0.05, 0.1) is 16.0 Å².